The molecule has 33 heavy (non-hydrogen) atoms. The van der Waals surface area contributed by atoms with Crippen LogP contribution in [0.5, 0.6) is 0 Å². The van der Waals surface area contributed by atoms with Crippen molar-refractivity contribution in [2.75, 3.05) is 13.1 Å². The van der Waals surface area contributed by atoms with Crippen LogP contribution < -0.4 is 5.32 Å². The summed E-state index contributed by atoms with van der Waals surface area (Å²) in [5.41, 5.74) is 6.69. The molecule has 5 heteroatoms. The number of likely N-dealkylation sites (tertiary alicyclic amines) is 1. The number of H-pyrrole nitrogens is 1. The van der Waals surface area contributed by atoms with Crippen LogP contribution in [-0.2, 0) is 16.8 Å². The maximum Gasteiger partial charge on any atom is 0.217 e. The van der Waals surface area contributed by atoms with Gasteiger partial charge in [0.25, 0.3) is 0 Å². The van der Waals surface area contributed by atoms with E-state index in [1.165, 1.54) is 38.5 Å². The number of piperidine rings is 1. The SMILES string of the molecule is CC(=O)N[C@@H]1CC2(CCN(Cc3ccc4[nH]c5ccc(Br)cc5c4c3)CC2)c2ccccc21. The molecule has 2 N–H and O–H groups in total. The average molecular weight is 502 g/mol. The Labute approximate surface area is 202 Å². The number of aromatic nitrogens is 1. The molecule has 1 aliphatic carbocycles. The first-order valence-corrected chi connectivity index (χ1v) is 12.6. The van der Waals surface area contributed by atoms with Crippen molar-refractivity contribution in [3.05, 3.63) is 81.8 Å². The summed E-state index contributed by atoms with van der Waals surface area (Å²) in [6, 6.07) is 22.1. The second-order valence-electron chi connectivity index (χ2n) is 9.80. The number of hydrogen-bond donors (Lipinski definition) is 2. The highest BCUT2D eigenvalue weighted by Gasteiger charge is 2.45. The largest absolute Gasteiger partial charge is 0.355 e. The standard InChI is InChI=1S/C28H28BrN3O/c1-18(33)30-27-16-28(24-5-3-2-4-21(24)27)10-12-32(13-11-28)17-19-6-8-25-22(14-19)23-15-20(29)7-9-26(23)31-25/h2-9,14-15,27,31H,10-13,16-17H2,1H3,(H,30,33)/t27-/m1/s1. The minimum Gasteiger partial charge on any atom is -0.355 e. The van der Waals surface area contributed by atoms with E-state index in [-0.39, 0.29) is 17.4 Å². The predicted molar refractivity (Wildman–Crippen MR) is 137 cm³/mol. The van der Waals surface area contributed by atoms with Gasteiger partial charge >= 0.3 is 0 Å². The normalized spacial score (nSPS) is 19.9. The zero-order chi connectivity index (χ0) is 22.6. The molecule has 4 aromatic rings. The van der Waals surface area contributed by atoms with E-state index in [2.05, 4.69) is 91.8 Å². The number of halogens is 1. The van der Waals surface area contributed by atoms with Gasteiger partial charge in [0.05, 0.1) is 6.04 Å². The first kappa shape index (κ1) is 20.9. The number of rotatable bonds is 3. The minimum absolute atomic E-state index is 0.0593. The van der Waals surface area contributed by atoms with E-state index >= 15 is 0 Å². The minimum atomic E-state index is 0.0593. The van der Waals surface area contributed by atoms with Crippen LogP contribution in [0.1, 0.15) is 48.9 Å². The molecule has 1 aliphatic heterocycles. The van der Waals surface area contributed by atoms with Crippen molar-refractivity contribution in [2.24, 2.45) is 0 Å². The van der Waals surface area contributed by atoms with Crippen LogP contribution in [0.25, 0.3) is 21.8 Å². The molecule has 1 saturated heterocycles. The quantitative estimate of drug-likeness (QED) is 0.351. The topological polar surface area (TPSA) is 48.1 Å². The molecule has 4 nitrogen and oxygen atoms in total. The zero-order valence-electron chi connectivity index (χ0n) is 18.8. The van der Waals surface area contributed by atoms with Crippen molar-refractivity contribution < 1.29 is 4.79 Å². The Hall–Kier alpha value is -2.63. The van der Waals surface area contributed by atoms with Crippen molar-refractivity contribution in [1.82, 2.24) is 15.2 Å². The number of aromatic amines is 1. The number of fused-ring (bicyclic) bond motifs is 5. The van der Waals surface area contributed by atoms with Gasteiger partial charge in [0.1, 0.15) is 0 Å². The Morgan fingerprint density at radius 2 is 1.79 bits per heavy atom. The molecule has 0 bridgehead atoms. The summed E-state index contributed by atoms with van der Waals surface area (Å²) in [4.78, 5) is 17.9. The third kappa shape index (κ3) is 3.68. The molecule has 0 saturated carbocycles. The van der Waals surface area contributed by atoms with Gasteiger partial charge in [0.2, 0.25) is 5.91 Å². The molecule has 1 amide bonds. The van der Waals surface area contributed by atoms with Crippen molar-refractivity contribution in [3.8, 4) is 0 Å². The van der Waals surface area contributed by atoms with Crippen LogP contribution in [0, 0.1) is 0 Å². The van der Waals surface area contributed by atoms with Gasteiger partial charge < -0.3 is 10.3 Å². The van der Waals surface area contributed by atoms with Crippen molar-refractivity contribution in [3.63, 3.8) is 0 Å². The summed E-state index contributed by atoms with van der Waals surface area (Å²) in [6.45, 7) is 4.76. The lowest BCUT2D eigenvalue weighted by molar-refractivity contribution is -0.119. The third-order valence-corrected chi connectivity index (χ3v) is 8.22. The monoisotopic (exact) mass is 501 g/mol. The molecular weight excluding hydrogens is 474 g/mol. The summed E-state index contributed by atoms with van der Waals surface area (Å²) >= 11 is 3.61. The van der Waals surface area contributed by atoms with Crippen molar-refractivity contribution >= 4 is 43.6 Å². The van der Waals surface area contributed by atoms with Gasteiger partial charge in [-0.05, 0) is 79.4 Å². The maximum absolute atomic E-state index is 11.8. The van der Waals surface area contributed by atoms with Gasteiger partial charge in [-0.1, -0.05) is 46.3 Å². The number of carbonyl (C=O) groups excluding carboxylic acids is 1. The van der Waals surface area contributed by atoms with Gasteiger partial charge in [-0.3, -0.25) is 9.69 Å². The van der Waals surface area contributed by atoms with Crippen molar-refractivity contribution in [2.45, 2.75) is 44.2 Å². The molecule has 1 spiro atoms. The van der Waals surface area contributed by atoms with E-state index < -0.39 is 0 Å². The third-order valence-electron chi connectivity index (χ3n) is 7.72. The molecule has 2 aliphatic rings. The van der Waals surface area contributed by atoms with Gasteiger partial charge in [-0.15, -0.1) is 0 Å². The number of amides is 1. The van der Waals surface area contributed by atoms with Gasteiger partial charge in [-0.25, -0.2) is 0 Å². The van der Waals surface area contributed by atoms with Crippen LogP contribution >= 0.6 is 15.9 Å². The zero-order valence-corrected chi connectivity index (χ0v) is 20.4. The van der Waals surface area contributed by atoms with E-state index in [0.29, 0.717) is 0 Å². The number of hydrogen-bond acceptors (Lipinski definition) is 2. The number of nitrogens with one attached hydrogen (secondary N) is 2. The fraction of sp³-hybridized carbons (Fsp3) is 0.321. The van der Waals surface area contributed by atoms with Gasteiger partial charge in [-0.2, -0.15) is 0 Å². The highest BCUT2D eigenvalue weighted by atomic mass is 79.9. The van der Waals surface area contributed by atoms with Crippen LogP contribution in [-0.4, -0.2) is 28.9 Å². The second-order valence-corrected chi connectivity index (χ2v) is 10.7. The summed E-state index contributed by atoms with van der Waals surface area (Å²) in [5.74, 6) is 0.0593. The van der Waals surface area contributed by atoms with Crippen LogP contribution in [0.3, 0.4) is 0 Å². The van der Waals surface area contributed by atoms with E-state index in [1.807, 2.05) is 0 Å². The van der Waals surface area contributed by atoms with E-state index in [1.54, 1.807) is 6.92 Å². The second kappa shape index (κ2) is 8.00. The number of carbonyl (C=O) groups is 1. The molecule has 0 radical (unpaired) electrons. The number of benzene rings is 3. The lowest BCUT2D eigenvalue weighted by Gasteiger charge is -2.40. The molecule has 6 rings (SSSR count). The molecule has 168 valence electrons. The Kier molecular flexibility index (Phi) is 5.07. The maximum atomic E-state index is 11.8. The van der Waals surface area contributed by atoms with E-state index in [4.69, 9.17) is 0 Å². The lowest BCUT2D eigenvalue weighted by Crippen LogP contribution is -2.41. The Morgan fingerprint density at radius 1 is 1.06 bits per heavy atom. The highest BCUT2D eigenvalue weighted by molar-refractivity contribution is 9.10. The smallest absolute Gasteiger partial charge is 0.217 e. The summed E-state index contributed by atoms with van der Waals surface area (Å²) < 4.78 is 1.11. The molecule has 3 aromatic carbocycles. The molecule has 2 heterocycles. The molecular formula is C28H28BrN3O. The lowest BCUT2D eigenvalue weighted by atomic mass is 9.73. The first-order chi connectivity index (χ1) is 16.0. The Balaban J connectivity index is 1.21. The average Bonchev–Trinajstić information content (AvgIpc) is 3.31. The van der Waals surface area contributed by atoms with Crippen LogP contribution in [0.2, 0.25) is 0 Å². The van der Waals surface area contributed by atoms with Gasteiger partial charge in [0, 0.05) is 45.2 Å². The Bertz CT molecular complexity index is 1370. The Morgan fingerprint density at radius 3 is 2.58 bits per heavy atom. The summed E-state index contributed by atoms with van der Waals surface area (Å²) in [6.07, 6.45) is 3.31. The van der Waals surface area contributed by atoms with Crippen LogP contribution in [0.15, 0.2) is 65.1 Å². The highest BCUT2D eigenvalue weighted by Crippen LogP contribution is 2.50. The number of nitrogens with zero attached hydrogens (tertiary/aromatic N) is 1. The van der Waals surface area contributed by atoms with E-state index in [9.17, 15) is 4.79 Å². The first-order valence-electron chi connectivity index (χ1n) is 11.8. The predicted octanol–water partition coefficient (Wildman–Crippen LogP) is 6.20. The van der Waals surface area contributed by atoms with Gasteiger partial charge in [0.15, 0.2) is 0 Å². The summed E-state index contributed by atoms with van der Waals surface area (Å²) in [7, 11) is 0. The summed E-state index contributed by atoms with van der Waals surface area (Å²) in [5, 5.41) is 5.76. The van der Waals surface area contributed by atoms with Crippen LogP contribution in [0.4, 0.5) is 0 Å². The fourth-order valence-electron chi connectivity index (χ4n) is 6.15. The molecule has 0 unspecified atom stereocenters. The fourth-order valence-corrected chi connectivity index (χ4v) is 6.52. The van der Waals surface area contributed by atoms with Crippen molar-refractivity contribution in [1.29, 1.82) is 0 Å². The molecule has 1 atom stereocenters. The van der Waals surface area contributed by atoms with E-state index in [0.717, 1.165) is 43.4 Å². The molecule has 1 aromatic heterocycles. The molecule has 1 fully saturated rings.